The van der Waals surface area contributed by atoms with Crippen molar-refractivity contribution in [2.75, 3.05) is 13.2 Å². The first-order valence-electron chi connectivity index (χ1n) is 7.07. The van der Waals surface area contributed by atoms with Gasteiger partial charge in [0, 0.05) is 0 Å². The van der Waals surface area contributed by atoms with Crippen molar-refractivity contribution in [3.05, 3.63) is 35.4 Å². The van der Waals surface area contributed by atoms with Gasteiger partial charge in [-0.05, 0) is 32.9 Å². The van der Waals surface area contributed by atoms with Crippen molar-refractivity contribution >= 4 is 17.9 Å². The molecule has 1 aromatic rings. The molecule has 0 fully saturated rings. The van der Waals surface area contributed by atoms with Crippen LogP contribution in [0.4, 0.5) is 0 Å². The van der Waals surface area contributed by atoms with Crippen LogP contribution in [-0.2, 0) is 23.8 Å². The van der Waals surface area contributed by atoms with Crippen LogP contribution >= 0.6 is 0 Å². The Hall–Kier alpha value is -2.37. The van der Waals surface area contributed by atoms with Crippen molar-refractivity contribution in [3.63, 3.8) is 0 Å². The van der Waals surface area contributed by atoms with Crippen LogP contribution in [0.5, 0.6) is 0 Å². The maximum absolute atomic E-state index is 12.0. The van der Waals surface area contributed by atoms with Gasteiger partial charge in [0.1, 0.15) is 0 Å². The predicted octanol–water partition coefficient (Wildman–Crippen LogP) is 2.04. The normalized spacial score (nSPS) is 11.4. The van der Waals surface area contributed by atoms with Crippen molar-refractivity contribution in [2.24, 2.45) is 0 Å². The second-order valence-electron chi connectivity index (χ2n) is 4.52. The number of esters is 3. The van der Waals surface area contributed by atoms with E-state index in [9.17, 15) is 14.4 Å². The molecule has 0 spiro atoms. The molecular weight excluding hydrogens is 288 g/mol. The molecule has 0 radical (unpaired) electrons. The van der Waals surface area contributed by atoms with Gasteiger partial charge < -0.3 is 14.2 Å². The highest BCUT2D eigenvalue weighted by atomic mass is 16.6. The molecule has 0 aromatic heterocycles. The summed E-state index contributed by atoms with van der Waals surface area (Å²) in [5.74, 6) is -2.09. The number of carbonyl (C=O) groups is 3. The van der Waals surface area contributed by atoms with Crippen LogP contribution in [0.3, 0.4) is 0 Å². The molecule has 0 aliphatic carbocycles. The van der Waals surface area contributed by atoms with E-state index >= 15 is 0 Å². The van der Waals surface area contributed by atoms with Gasteiger partial charge in [-0.2, -0.15) is 0 Å². The third-order valence-electron chi connectivity index (χ3n) is 2.74. The SMILES string of the molecule is CCOC(=O)C[C@H](OC(=O)c1ccc(C)cc1)C(=O)OCC. The van der Waals surface area contributed by atoms with Crippen LogP contribution < -0.4 is 0 Å². The molecule has 120 valence electrons. The van der Waals surface area contributed by atoms with Crippen LogP contribution in [0.15, 0.2) is 24.3 Å². The van der Waals surface area contributed by atoms with Crippen molar-refractivity contribution in [1.29, 1.82) is 0 Å². The summed E-state index contributed by atoms with van der Waals surface area (Å²) in [5.41, 5.74) is 1.29. The summed E-state index contributed by atoms with van der Waals surface area (Å²) in [6.07, 6.45) is -1.68. The third kappa shape index (κ3) is 5.55. The number of benzene rings is 1. The number of hydrogen-bond donors (Lipinski definition) is 0. The summed E-state index contributed by atoms with van der Waals surface area (Å²) >= 11 is 0. The van der Waals surface area contributed by atoms with Crippen molar-refractivity contribution in [3.8, 4) is 0 Å². The molecule has 0 saturated heterocycles. The molecule has 0 aliphatic heterocycles. The lowest BCUT2D eigenvalue weighted by Crippen LogP contribution is -2.32. The summed E-state index contributed by atoms with van der Waals surface area (Å²) in [6, 6.07) is 6.68. The average molecular weight is 308 g/mol. The van der Waals surface area contributed by atoms with Crippen molar-refractivity contribution in [1.82, 2.24) is 0 Å². The maximum atomic E-state index is 12.0. The lowest BCUT2D eigenvalue weighted by atomic mass is 10.1. The zero-order valence-electron chi connectivity index (χ0n) is 13.0. The Morgan fingerprint density at radius 3 is 2.14 bits per heavy atom. The Labute approximate surface area is 129 Å². The zero-order valence-corrected chi connectivity index (χ0v) is 13.0. The van der Waals surface area contributed by atoms with Gasteiger partial charge in [-0.25, -0.2) is 9.59 Å². The first-order chi connectivity index (χ1) is 10.5. The van der Waals surface area contributed by atoms with E-state index in [1.165, 1.54) is 0 Å². The number of hydrogen-bond acceptors (Lipinski definition) is 6. The number of aryl methyl sites for hydroxylation is 1. The second-order valence-corrected chi connectivity index (χ2v) is 4.52. The van der Waals surface area contributed by atoms with Gasteiger partial charge >= 0.3 is 17.9 Å². The van der Waals surface area contributed by atoms with E-state index in [-0.39, 0.29) is 19.6 Å². The number of ether oxygens (including phenoxy) is 3. The summed E-state index contributed by atoms with van der Waals surface area (Å²) in [7, 11) is 0. The summed E-state index contributed by atoms with van der Waals surface area (Å²) in [6.45, 7) is 5.47. The Morgan fingerprint density at radius 1 is 1.00 bits per heavy atom. The summed E-state index contributed by atoms with van der Waals surface area (Å²) in [5, 5.41) is 0. The Kier molecular flexibility index (Phi) is 7.08. The molecule has 1 aromatic carbocycles. The van der Waals surface area contributed by atoms with Crippen LogP contribution in [0.25, 0.3) is 0 Å². The van der Waals surface area contributed by atoms with Gasteiger partial charge in [0.2, 0.25) is 6.10 Å². The molecule has 6 heteroatoms. The first-order valence-corrected chi connectivity index (χ1v) is 7.07. The molecule has 0 saturated carbocycles. The van der Waals surface area contributed by atoms with Crippen LogP contribution in [0.1, 0.15) is 36.2 Å². The molecule has 6 nitrogen and oxygen atoms in total. The van der Waals surface area contributed by atoms with Crippen LogP contribution in [-0.4, -0.2) is 37.2 Å². The van der Waals surface area contributed by atoms with Gasteiger partial charge in [0.15, 0.2) is 0 Å². The molecule has 0 heterocycles. The largest absolute Gasteiger partial charge is 0.466 e. The monoisotopic (exact) mass is 308 g/mol. The topological polar surface area (TPSA) is 78.9 Å². The molecule has 1 atom stereocenters. The lowest BCUT2D eigenvalue weighted by molar-refractivity contribution is -0.160. The second kappa shape index (κ2) is 8.81. The highest BCUT2D eigenvalue weighted by molar-refractivity contribution is 5.92. The van der Waals surface area contributed by atoms with E-state index in [4.69, 9.17) is 14.2 Å². The molecule has 0 aliphatic rings. The van der Waals surface area contributed by atoms with E-state index in [1.54, 1.807) is 38.1 Å². The number of carbonyl (C=O) groups excluding carboxylic acids is 3. The van der Waals surface area contributed by atoms with E-state index in [0.717, 1.165) is 5.56 Å². The van der Waals surface area contributed by atoms with Gasteiger partial charge in [-0.3, -0.25) is 4.79 Å². The third-order valence-corrected chi connectivity index (χ3v) is 2.74. The van der Waals surface area contributed by atoms with E-state index in [1.807, 2.05) is 6.92 Å². The molecular formula is C16H20O6. The Bertz CT molecular complexity index is 520. The first kappa shape index (κ1) is 17.7. The standard InChI is InChI=1S/C16H20O6/c1-4-20-14(17)10-13(16(19)21-5-2)22-15(18)12-8-6-11(3)7-9-12/h6-9,13H,4-5,10H2,1-3H3/t13-/m0/s1. The molecule has 1 rings (SSSR count). The van der Waals surface area contributed by atoms with Gasteiger partial charge in [0.25, 0.3) is 0 Å². The zero-order chi connectivity index (χ0) is 16.5. The molecule has 0 N–H and O–H groups in total. The van der Waals surface area contributed by atoms with E-state index < -0.39 is 24.0 Å². The minimum Gasteiger partial charge on any atom is -0.466 e. The average Bonchev–Trinajstić information content (AvgIpc) is 2.47. The minimum atomic E-state index is -1.31. The Balaban J connectivity index is 2.78. The molecule has 0 bridgehead atoms. The van der Waals surface area contributed by atoms with Gasteiger partial charge in [-0.1, -0.05) is 17.7 Å². The summed E-state index contributed by atoms with van der Waals surface area (Å²) < 4.78 is 14.7. The van der Waals surface area contributed by atoms with Crippen molar-refractivity contribution in [2.45, 2.75) is 33.3 Å². The Morgan fingerprint density at radius 2 is 1.59 bits per heavy atom. The van der Waals surface area contributed by atoms with Gasteiger partial charge in [0.05, 0.1) is 25.2 Å². The van der Waals surface area contributed by atoms with E-state index in [2.05, 4.69) is 0 Å². The lowest BCUT2D eigenvalue weighted by Gasteiger charge is -2.15. The number of rotatable bonds is 7. The fourth-order valence-corrected chi connectivity index (χ4v) is 1.67. The van der Waals surface area contributed by atoms with Crippen LogP contribution in [0.2, 0.25) is 0 Å². The van der Waals surface area contributed by atoms with Crippen LogP contribution in [0, 0.1) is 6.92 Å². The molecule has 0 amide bonds. The predicted molar refractivity (Wildman–Crippen MR) is 78.3 cm³/mol. The van der Waals surface area contributed by atoms with Crippen molar-refractivity contribution < 1.29 is 28.6 Å². The fraction of sp³-hybridized carbons (Fsp3) is 0.438. The smallest absolute Gasteiger partial charge is 0.348 e. The fourth-order valence-electron chi connectivity index (χ4n) is 1.67. The summed E-state index contributed by atoms with van der Waals surface area (Å²) in [4.78, 5) is 35.3. The van der Waals surface area contributed by atoms with E-state index in [0.29, 0.717) is 5.56 Å². The quantitative estimate of drug-likeness (QED) is 0.566. The minimum absolute atomic E-state index is 0.125. The van der Waals surface area contributed by atoms with Gasteiger partial charge in [-0.15, -0.1) is 0 Å². The highest BCUT2D eigenvalue weighted by Crippen LogP contribution is 2.10. The molecule has 0 unspecified atom stereocenters. The maximum Gasteiger partial charge on any atom is 0.348 e. The molecule has 22 heavy (non-hydrogen) atoms. The highest BCUT2D eigenvalue weighted by Gasteiger charge is 2.28.